The Labute approximate surface area is 91.3 Å². The number of carbonyl (C=O) groups is 1. The fraction of sp³-hybridized carbons (Fsp3) is 0.889. The zero-order valence-corrected chi connectivity index (χ0v) is 10.3. The van der Waals surface area contributed by atoms with E-state index in [-0.39, 0.29) is 18.3 Å². The Hall–Kier alpha value is -0.620. The maximum Gasteiger partial charge on any atom is 0.319 e. The molecule has 0 spiro atoms. The Bertz CT molecular complexity index is 286. The molecular weight excluding hydrogens is 218 g/mol. The lowest BCUT2D eigenvalue weighted by atomic mass is 10.4. The quantitative estimate of drug-likeness (QED) is 0.579. The van der Waals surface area contributed by atoms with Crippen molar-refractivity contribution in [3.05, 3.63) is 0 Å². The first kappa shape index (κ1) is 14.4. The highest BCUT2D eigenvalue weighted by Crippen LogP contribution is 1.95. The third kappa shape index (κ3) is 8.38. The van der Waals surface area contributed by atoms with E-state index in [0.29, 0.717) is 19.5 Å². The van der Waals surface area contributed by atoms with Gasteiger partial charge in [0.05, 0.1) is 19.4 Å². The minimum Gasteiger partial charge on any atom is -0.468 e. The van der Waals surface area contributed by atoms with Crippen LogP contribution in [0.25, 0.3) is 0 Å². The SMILES string of the molecule is CCN(CCCS(C)(=O)=O)CC(=O)OC. The zero-order valence-electron chi connectivity index (χ0n) is 9.52. The Kier molecular flexibility index (Phi) is 6.51. The van der Waals surface area contributed by atoms with Crippen molar-refractivity contribution >= 4 is 15.8 Å². The molecule has 6 heteroatoms. The highest BCUT2D eigenvalue weighted by Gasteiger charge is 2.10. The number of likely N-dealkylation sites (N-methyl/N-ethyl adjacent to an activating group) is 1. The molecule has 0 aliphatic heterocycles. The van der Waals surface area contributed by atoms with Gasteiger partial charge >= 0.3 is 5.97 Å². The minimum atomic E-state index is -2.90. The maximum atomic E-state index is 11.0. The smallest absolute Gasteiger partial charge is 0.319 e. The molecule has 0 fully saturated rings. The molecule has 0 N–H and O–H groups in total. The second kappa shape index (κ2) is 6.79. The normalized spacial score (nSPS) is 11.7. The van der Waals surface area contributed by atoms with Crippen LogP contribution < -0.4 is 0 Å². The number of rotatable bonds is 7. The van der Waals surface area contributed by atoms with Crippen LogP contribution in [0.3, 0.4) is 0 Å². The maximum absolute atomic E-state index is 11.0. The summed E-state index contributed by atoms with van der Waals surface area (Å²) in [7, 11) is -1.56. The van der Waals surface area contributed by atoms with Crippen molar-refractivity contribution in [1.82, 2.24) is 4.90 Å². The van der Waals surface area contributed by atoms with E-state index < -0.39 is 9.84 Å². The van der Waals surface area contributed by atoms with Gasteiger partial charge in [0.15, 0.2) is 0 Å². The topological polar surface area (TPSA) is 63.7 Å². The van der Waals surface area contributed by atoms with Crippen LogP contribution in [0.1, 0.15) is 13.3 Å². The fourth-order valence-corrected chi connectivity index (χ4v) is 1.80. The predicted molar refractivity (Wildman–Crippen MR) is 58.5 cm³/mol. The van der Waals surface area contributed by atoms with Crippen LogP contribution in [-0.4, -0.2) is 58.0 Å². The zero-order chi connectivity index (χ0) is 11.9. The summed E-state index contributed by atoms with van der Waals surface area (Å²) < 4.78 is 26.3. The average molecular weight is 237 g/mol. The largest absolute Gasteiger partial charge is 0.468 e. The number of sulfone groups is 1. The van der Waals surface area contributed by atoms with E-state index >= 15 is 0 Å². The number of ether oxygens (including phenoxy) is 1. The van der Waals surface area contributed by atoms with Gasteiger partial charge in [-0.25, -0.2) is 8.42 Å². The van der Waals surface area contributed by atoms with Crippen molar-refractivity contribution in [3.63, 3.8) is 0 Å². The predicted octanol–water partition coefficient (Wildman–Crippen LogP) is -0.0840. The minimum absolute atomic E-state index is 0.157. The van der Waals surface area contributed by atoms with Gasteiger partial charge in [-0.2, -0.15) is 0 Å². The highest BCUT2D eigenvalue weighted by molar-refractivity contribution is 7.90. The van der Waals surface area contributed by atoms with Crippen LogP contribution in [0.5, 0.6) is 0 Å². The van der Waals surface area contributed by atoms with Crippen LogP contribution in [0.4, 0.5) is 0 Å². The molecule has 0 rings (SSSR count). The Morgan fingerprint density at radius 2 is 2.00 bits per heavy atom. The number of hydrogen-bond acceptors (Lipinski definition) is 5. The van der Waals surface area contributed by atoms with E-state index in [1.54, 1.807) is 0 Å². The van der Waals surface area contributed by atoms with E-state index in [2.05, 4.69) is 4.74 Å². The van der Waals surface area contributed by atoms with E-state index in [0.717, 1.165) is 0 Å². The molecule has 0 atom stereocenters. The average Bonchev–Trinajstić information content (AvgIpc) is 2.14. The Morgan fingerprint density at radius 3 is 2.40 bits per heavy atom. The number of nitrogens with zero attached hydrogens (tertiary/aromatic N) is 1. The van der Waals surface area contributed by atoms with Crippen LogP contribution in [0, 0.1) is 0 Å². The van der Waals surface area contributed by atoms with Gasteiger partial charge in [-0.3, -0.25) is 9.69 Å². The molecule has 0 aromatic carbocycles. The summed E-state index contributed by atoms with van der Waals surface area (Å²) >= 11 is 0. The van der Waals surface area contributed by atoms with Crippen molar-refractivity contribution in [2.45, 2.75) is 13.3 Å². The molecule has 5 nitrogen and oxygen atoms in total. The van der Waals surface area contributed by atoms with E-state index in [1.165, 1.54) is 13.4 Å². The molecule has 90 valence electrons. The van der Waals surface area contributed by atoms with Crippen LogP contribution >= 0.6 is 0 Å². The summed E-state index contributed by atoms with van der Waals surface area (Å²) in [5.74, 6) is -0.138. The fourth-order valence-electron chi connectivity index (χ4n) is 1.15. The summed E-state index contributed by atoms with van der Waals surface area (Å²) in [6, 6.07) is 0. The van der Waals surface area contributed by atoms with E-state index in [9.17, 15) is 13.2 Å². The molecule has 0 saturated carbocycles. The monoisotopic (exact) mass is 237 g/mol. The van der Waals surface area contributed by atoms with Crippen molar-refractivity contribution in [2.24, 2.45) is 0 Å². The van der Waals surface area contributed by atoms with Crippen molar-refractivity contribution in [2.75, 3.05) is 38.8 Å². The summed E-state index contributed by atoms with van der Waals surface area (Å²) in [6.45, 7) is 3.44. The van der Waals surface area contributed by atoms with Crippen LogP contribution in [0.2, 0.25) is 0 Å². The number of methoxy groups -OCH3 is 1. The van der Waals surface area contributed by atoms with Gasteiger partial charge < -0.3 is 4.74 Å². The lowest BCUT2D eigenvalue weighted by molar-refractivity contribution is -0.141. The van der Waals surface area contributed by atoms with E-state index in [4.69, 9.17) is 0 Å². The van der Waals surface area contributed by atoms with Gasteiger partial charge in [-0.15, -0.1) is 0 Å². The molecule has 0 unspecified atom stereocenters. The first-order valence-electron chi connectivity index (χ1n) is 4.86. The molecule has 15 heavy (non-hydrogen) atoms. The molecule has 0 heterocycles. The van der Waals surface area contributed by atoms with Gasteiger partial charge in [0.2, 0.25) is 0 Å². The summed E-state index contributed by atoms with van der Waals surface area (Å²) in [5, 5.41) is 0. The summed E-state index contributed by atoms with van der Waals surface area (Å²) in [6.07, 6.45) is 1.76. The van der Waals surface area contributed by atoms with E-state index in [1.807, 2.05) is 11.8 Å². The Morgan fingerprint density at radius 1 is 1.40 bits per heavy atom. The third-order valence-corrected chi connectivity index (χ3v) is 3.05. The second-order valence-electron chi connectivity index (χ2n) is 3.43. The van der Waals surface area contributed by atoms with Gasteiger partial charge in [0.25, 0.3) is 0 Å². The van der Waals surface area contributed by atoms with Gasteiger partial charge in [0.1, 0.15) is 9.84 Å². The lowest BCUT2D eigenvalue weighted by Crippen LogP contribution is -2.32. The van der Waals surface area contributed by atoms with Crippen LogP contribution in [-0.2, 0) is 19.4 Å². The van der Waals surface area contributed by atoms with Gasteiger partial charge in [0, 0.05) is 6.26 Å². The summed E-state index contributed by atoms with van der Waals surface area (Å²) in [4.78, 5) is 12.8. The molecule has 0 saturated heterocycles. The molecular formula is C9H19NO4S. The molecule has 0 aliphatic rings. The van der Waals surface area contributed by atoms with Gasteiger partial charge in [-0.05, 0) is 19.5 Å². The van der Waals surface area contributed by atoms with Crippen molar-refractivity contribution < 1.29 is 17.9 Å². The molecule has 0 radical (unpaired) electrons. The standard InChI is InChI=1S/C9H19NO4S/c1-4-10(8-9(11)14-2)6-5-7-15(3,12)13/h4-8H2,1-3H3. The third-order valence-electron chi connectivity index (χ3n) is 2.02. The van der Waals surface area contributed by atoms with Crippen LogP contribution in [0.15, 0.2) is 0 Å². The first-order chi connectivity index (χ1) is 6.89. The molecule has 0 bridgehead atoms. The molecule has 0 amide bonds. The number of carbonyl (C=O) groups excluding carboxylic acids is 1. The van der Waals surface area contributed by atoms with Crippen molar-refractivity contribution in [3.8, 4) is 0 Å². The second-order valence-corrected chi connectivity index (χ2v) is 5.69. The lowest BCUT2D eigenvalue weighted by Gasteiger charge is -2.18. The number of esters is 1. The first-order valence-corrected chi connectivity index (χ1v) is 6.92. The van der Waals surface area contributed by atoms with Gasteiger partial charge in [-0.1, -0.05) is 6.92 Å². The summed E-state index contributed by atoms with van der Waals surface area (Å²) in [5.41, 5.74) is 0. The number of hydrogen-bond donors (Lipinski definition) is 0. The van der Waals surface area contributed by atoms with Crippen molar-refractivity contribution in [1.29, 1.82) is 0 Å². The molecule has 0 aliphatic carbocycles. The highest BCUT2D eigenvalue weighted by atomic mass is 32.2. The molecule has 0 aromatic heterocycles. The molecule has 0 aromatic rings. The Balaban J connectivity index is 3.86.